The first-order chi connectivity index (χ1) is 6.38. The first-order valence-electron chi connectivity index (χ1n) is 4.53. The fourth-order valence-electron chi connectivity index (χ4n) is 1.61. The van der Waals surface area contributed by atoms with Crippen molar-refractivity contribution < 1.29 is 4.79 Å². The molecule has 2 rings (SSSR count). The standard InChI is InChI=1S/C11H12OS/c12-11-6-7-13-8-10(11)9-4-2-1-3-5-9/h1-5,10H,6-8H2. The van der Waals surface area contributed by atoms with Crippen molar-refractivity contribution in [2.45, 2.75) is 12.3 Å². The summed E-state index contributed by atoms with van der Waals surface area (Å²) >= 11 is 1.88. The molecule has 0 N–H and O–H groups in total. The van der Waals surface area contributed by atoms with E-state index in [-0.39, 0.29) is 5.92 Å². The van der Waals surface area contributed by atoms with Crippen LogP contribution in [0.15, 0.2) is 30.3 Å². The van der Waals surface area contributed by atoms with Crippen molar-refractivity contribution in [3.05, 3.63) is 35.9 Å². The van der Waals surface area contributed by atoms with Crippen molar-refractivity contribution in [3.8, 4) is 0 Å². The second kappa shape index (κ2) is 3.97. The molecule has 68 valence electrons. The summed E-state index contributed by atoms with van der Waals surface area (Å²) in [6.45, 7) is 0. The third-order valence-electron chi connectivity index (χ3n) is 2.37. The summed E-state index contributed by atoms with van der Waals surface area (Å²) < 4.78 is 0. The first-order valence-corrected chi connectivity index (χ1v) is 5.69. The molecule has 0 spiro atoms. The molecule has 0 aliphatic carbocycles. The SMILES string of the molecule is O=C1CCSCC1c1ccccc1. The van der Waals surface area contributed by atoms with Gasteiger partial charge >= 0.3 is 0 Å². The molecule has 0 radical (unpaired) electrons. The van der Waals surface area contributed by atoms with Crippen LogP contribution in [0.5, 0.6) is 0 Å². The molecular weight excluding hydrogens is 180 g/mol. The van der Waals surface area contributed by atoms with Gasteiger partial charge in [-0.25, -0.2) is 0 Å². The van der Waals surface area contributed by atoms with Crippen LogP contribution in [0.4, 0.5) is 0 Å². The van der Waals surface area contributed by atoms with E-state index in [1.165, 1.54) is 5.56 Å². The Morgan fingerprint density at radius 2 is 2.00 bits per heavy atom. The highest BCUT2D eigenvalue weighted by molar-refractivity contribution is 7.99. The molecule has 0 amide bonds. The molecule has 1 heterocycles. The van der Waals surface area contributed by atoms with Crippen molar-refractivity contribution in [1.29, 1.82) is 0 Å². The first kappa shape index (κ1) is 8.82. The third kappa shape index (κ3) is 1.94. The number of carbonyl (C=O) groups excluding carboxylic acids is 1. The fourth-order valence-corrected chi connectivity index (χ4v) is 2.73. The minimum Gasteiger partial charge on any atom is -0.299 e. The second-order valence-corrected chi connectivity index (χ2v) is 4.40. The summed E-state index contributed by atoms with van der Waals surface area (Å²) in [6, 6.07) is 10.1. The van der Waals surface area contributed by atoms with Gasteiger partial charge in [-0.05, 0) is 5.56 Å². The summed E-state index contributed by atoms with van der Waals surface area (Å²) in [6.07, 6.45) is 0.740. The van der Waals surface area contributed by atoms with Gasteiger partial charge in [0.1, 0.15) is 5.78 Å². The number of carbonyl (C=O) groups is 1. The maximum atomic E-state index is 11.6. The van der Waals surface area contributed by atoms with E-state index in [2.05, 4.69) is 12.1 Å². The van der Waals surface area contributed by atoms with Crippen molar-refractivity contribution in [1.82, 2.24) is 0 Å². The minimum absolute atomic E-state index is 0.153. The Balaban J connectivity index is 2.20. The highest BCUT2D eigenvalue weighted by Gasteiger charge is 2.23. The van der Waals surface area contributed by atoms with Crippen molar-refractivity contribution in [2.75, 3.05) is 11.5 Å². The lowest BCUT2D eigenvalue weighted by Gasteiger charge is -2.20. The Hall–Kier alpha value is -0.760. The topological polar surface area (TPSA) is 17.1 Å². The van der Waals surface area contributed by atoms with Gasteiger partial charge < -0.3 is 0 Å². The van der Waals surface area contributed by atoms with Gasteiger partial charge in [0.2, 0.25) is 0 Å². The molecule has 2 heteroatoms. The van der Waals surface area contributed by atoms with Gasteiger partial charge in [-0.3, -0.25) is 4.79 Å². The van der Waals surface area contributed by atoms with Crippen molar-refractivity contribution in [3.63, 3.8) is 0 Å². The monoisotopic (exact) mass is 192 g/mol. The average Bonchev–Trinajstić information content (AvgIpc) is 2.20. The molecule has 1 aromatic rings. The average molecular weight is 192 g/mol. The number of thioether (sulfide) groups is 1. The van der Waals surface area contributed by atoms with Gasteiger partial charge in [0.05, 0.1) is 5.92 Å². The number of benzene rings is 1. The number of rotatable bonds is 1. The lowest BCUT2D eigenvalue weighted by molar-refractivity contribution is -0.119. The van der Waals surface area contributed by atoms with E-state index < -0.39 is 0 Å². The van der Waals surface area contributed by atoms with Crippen LogP contribution < -0.4 is 0 Å². The van der Waals surface area contributed by atoms with Crippen LogP contribution in [0.3, 0.4) is 0 Å². The lowest BCUT2D eigenvalue weighted by atomic mass is 9.95. The Bertz CT molecular complexity index is 294. The van der Waals surface area contributed by atoms with E-state index in [1.54, 1.807) is 0 Å². The summed E-state index contributed by atoms with van der Waals surface area (Å²) in [5, 5.41) is 0. The molecule has 13 heavy (non-hydrogen) atoms. The largest absolute Gasteiger partial charge is 0.299 e. The van der Waals surface area contributed by atoms with Crippen LogP contribution in [-0.2, 0) is 4.79 Å². The molecule has 1 saturated heterocycles. The van der Waals surface area contributed by atoms with Gasteiger partial charge in [-0.15, -0.1) is 0 Å². The van der Waals surface area contributed by atoms with Crippen LogP contribution in [0.1, 0.15) is 17.9 Å². The highest BCUT2D eigenvalue weighted by Crippen LogP contribution is 2.28. The summed E-state index contributed by atoms with van der Waals surface area (Å²) in [7, 11) is 0. The van der Waals surface area contributed by atoms with Crippen molar-refractivity contribution >= 4 is 17.5 Å². The van der Waals surface area contributed by atoms with E-state index in [1.807, 2.05) is 30.0 Å². The van der Waals surface area contributed by atoms with E-state index >= 15 is 0 Å². The summed E-state index contributed by atoms with van der Waals surface area (Å²) in [5.41, 5.74) is 1.18. The fraction of sp³-hybridized carbons (Fsp3) is 0.364. The zero-order valence-electron chi connectivity index (χ0n) is 7.40. The van der Waals surface area contributed by atoms with Crippen LogP contribution >= 0.6 is 11.8 Å². The zero-order chi connectivity index (χ0) is 9.10. The Morgan fingerprint density at radius 1 is 1.23 bits per heavy atom. The van der Waals surface area contributed by atoms with Crippen molar-refractivity contribution in [2.24, 2.45) is 0 Å². The Morgan fingerprint density at radius 3 is 2.69 bits per heavy atom. The molecule has 1 atom stereocenters. The second-order valence-electron chi connectivity index (χ2n) is 3.25. The van der Waals surface area contributed by atoms with E-state index in [4.69, 9.17) is 0 Å². The predicted molar refractivity (Wildman–Crippen MR) is 56.1 cm³/mol. The Kier molecular flexibility index (Phi) is 2.69. The molecule has 1 aliphatic heterocycles. The number of hydrogen-bond acceptors (Lipinski definition) is 2. The molecular formula is C11H12OS. The molecule has 0 bridgehead atoms. The third-order valence-corrected chi connectivity index (χ3v) is 3.43. The van der Waals surface area contributed by atoms with Crippen LogP contribution in [0.25, 0.3) is 0 Å². The Labute approximate surface area is 82.5 Å². The molecule has 1 aromatic carbocycles. The maximum absolute atomic E-state index is 11.6. The molecule has 1 nitrogen and oxygen atoms in total. The molecule has 1 aliphatic rings. The molecule has 0 aromatic heterocycles. The summed E-state index contributed by atoms with van der Waals surface area (Å²) in [4.78, 5) is 11.6. The predicted octanol–water partition coefficient (Wildman–Crippen LogP) is 2.48. The maximum Gasteiger partial charge on any atom is 0.141 e. The van der Waals surface area contributed by atoms with Crippen LogP contribution in [-0.4, -0.2) is 17.3 Å². The van der Waals surface area contributed by atoms with E-state index in [9.17, 15) is 4.79 Å². The van der Waals surface area contributed by atoms with Gasteiger partial charge in [-0.2, -0.15) is 11.8 Å². The summed E-state index contributed by atoms with van der Waals surface area (Å²) in [5.74, 6) is 2.52. The molecule has 1 unspecified atom stereocenters. The normalized spacial score (nSPS) is 23.1. The lowest BCUT2D eigenvalue weighted by Crippen LogP contribution is -2.20. The number of Topliss-reactive ketones (excluding diaryl/α,β-unsaturated/α-hetero) is 1. The van der Waals surface area contributed by atoms with Gasteiger partial charge in [0, 0.05) is 17.9 Å². The zero-order valence-corrected chi connectivity index (χ0v) is 8.22. The van der Waals surface area contributed by atoms with Crippen LogP contribution in [0, 0.1) is 0 Å². The smallest absolute Gasteiger partial charge is 0.141 e. The number of ketones is 1. The van der Waals surface area contributed by atoms with Gasteiger partial charge in [0.15, 0.2) is 0 Å². The van der Waals surface area contributed by atoms with Gasteiger partial charge in [0.25, 0.3) is 0 Å². The van der Waals surface area contributed by atoms with E-state index in [0.717, 1.165) is 17.9 Å². The molecule has 1 fully saturated rings. The quantitative estimate of drug-likeness (QED) is 0.680. The molecule has 0 saturated carbocycles. The van der Waals surface area contributed by atoms with Crippen LogP contribution in [0.2, 0.25) is 0 Å². The minimum atomic E-state index is 0.153. The van der Waals surface area contributed by atoms with Gasteiger partial charge in [-0.1, -0.05) is 30.3 Å². The highest BCUT2D eigenvalue weighted by atomic mass is 32.2. The van der Waals surface area contributed by atoms with E-state index in [0.29, 0.717) is 5.78 Å². The number of hydrogen-bond donors (Lipinski definition) is 0.